The minimum Gasteiger partial charge on any atom is -0.349 e. The van der Waals surface area contributed by atoms with Gasteiger partial charge < -0.3 is 5.32 Å². The molecule has 0 bridgehead atoms. The molecule has 0 atom stereocenters. The van der Waals surface area contributed by atoms with E-state index >= 15 is 0 Å². The summed E-state index contributed by atoms with van der Waals surface area (Å²) in [5.74, 6) is 1.09. The molecule has 0 spiro atoms. The van der Waals surface area contributed by atoms with Crippen molar-refractivity contribution in [1.82, 2.24) is 20.5 Å². The lowest BCUT2D eigenvalue weighted by molar-refractivity contribution is -0.122. The first kappa shape index (κ1) is 7.27. The van der Waals surface area contributed by atoms with Gasteiger partial charge in [-0.3, -0.25) is 9.89 Å². The molecule has 2 rings (SSSR count). The number of H-pyrrole nitrogens is 1. The van der Waals surface area contributed by atoms with Gasteiger partial charge in [-0.25, -0.2) is 4.98 Å². The van der Waals surface area contributed by atoms with Gasteiger partial charge in [0, 0.05) is 5.92 Å². The molecule has 5 nitrogen and oxygen atoms in total. The predicted octanol–water partition coefficient (Wildman–Crippen LogP) is -0.169. The maximum absolute atomic E-state index is 11.1. The second-order valence-corrected chi connectivity index (χ2v) is 2.92. The van der Waals surface area contributed by atoms with Crippen molar-refractivity contribution >= 4 is 5.91 Å². The smallest absolute Gasteiger partial charge is 0.223 e. The predicted molar refractivity (Wildman–Crippen MR) is 41.0 cm³/mol. The molecule has 12 heavy (non-hydrogen) atoms. The Kier molecular flexibility index (Phi) is 1.77. The van der Waals surface area contributed by atoms with Crippen LogP contribution in [0.25, 0.3) is 0 Å². The van der Waals surface area contributed by atoms with Crippen molar-refractivity contribution in [1.29, 1.82) is 0 Å². The monoisotopic (exact) mass is 166 g/mol. The van der Waals surface area contributed by atoms with Gasteiger partial charge in [-0.05, 0) is 12.8 Å². The first-order chi connectivity index (χ1) is 5.86. The van der Waals surface area contributed by atoms with E-state index in [9.17, 15) is 4.79 Å². The van der Waals surface area contributed by atoms with E-state index in [4.69, 9.17) is 0 Å². The summed E-state index contributed by atoms with van der Waals surface area (Å²) in [7, 11) is 0. The lowest BCUT2D eigenvalue weighted by atomic mass is 10.4. The normalized spacial score (nSPS) is 16.0. The van der Waals surface area contributed by atoms with Crippen LogP contribution in [0.4, 0.5) is 0 Å². The summed E-state index contributed by atoms with van der Waals surface area (Å²) in [6.45, 7) is 0.454. The average molecular weight is 166 g/mol. The fourth-order valence-corrected chi connectivity index (χ4v) is 0.977. The SMILES string of the molecule is O=C(NCc1ncn[nH]1)C1CC1. The van der Waals surface area contributed by atoms with Gasteiger partial charge in [0.2, 0.25) is 5.91 Å². The van der Waals surface area contributed by atoms with Crippen molar-refractivity contribution in [3.8, 4) is 0 Å². The second kappa shape index (κ2) is 2.92. The van der Waals surface area contributed by atoms with Crippen LogP contribution in [-0.2, 0) is 11.3 Å². The van der Waals surface area contributed by atoms with Crippen LogP contribution in [0.2, 0.25) is 0 Å². The number of hydrogen-bond acceptors (Lipinski definition) is 3. The third-order valence-electron chi connectivity index (χ3n) is 1.84. The Bertz CT molecular complexity index is 265. The van der Waals surface area contributed by atoms with Gasteiger partial charge in [0.1, 0.15) is 12.2 Å². The summed E-state index contributed by atoms with van der Waals surface area (Å²) in [6, 6.07) is 0. The summed E-state index contributed by atoms with van der Waals surface area (Å²) in [6.07, 6.45) is 3.49. The van der Waals surface area contributed by atoms with Crippen LogP contribution in [0.5, 0.6) is 0 Å². The van der Waals surface area contributed by atoms with Crippen LogP contribution in [0.1, 0.15) is 18.7 Å². The first-order valence-corrected chi connectivity index (χ1v) is 3.98. The lowest BCUT2D eigenvalue weighted by Crippen LogP contribution is -2.24. The number of hydrogen-bond donors (Lipinski definition) is 2. The van der Waals surface area contributed by atoms with Gasteiger partial charge in [-0.1, -0.05) is 0 Å². The largest absolute Gasteiger partial charge is 0.349 e. The zero-order valence-electron chi connectivity index (χ0n) is 6.58. The average Bonchev–Trinajstić information content (AvgIpc) is 2.80. The topological polar surface area (TPSA) is 70.7 Å². The zero-order valence-corrected chi connectivity index (χ0v) is 6.58. The Hall–Kier alpha value is -1.39. The number of nitrogens with one attached hydrogen (secondary N) is 2. The second-order valence-electron chi connectivity index (χ2n) is 2.92. The van der Waals surface area contributed by atoms with Crippen LogP contribution >= 0.6 is 0 Å². The first-order valence-electron chi connectivity index (χ1n) is 3.98. The Morgan fingerprint density at radius 3 is 3.17 bits per heavy atom. The van der Waals surface area contributed by atoms with Gasteiger partial charge >= 0.3 is 0 Å². The molecule has 0 aliphatic heterocycles. The summed E-state index contributed by atoms with van der Waals surface area (Å²) in [5, 5.41) is 9.12. The Morgan fingerprint density at radius 1 is 1.75 bits per heavy atom. The Balaban J connectivity index is 1.78. The Labute approximate surface area is 69.6 Å². The summed E-state index contributed by atoms with van der Waals surface area (Å²) in [5.41, 5.74) is 0. The third-order valence-corrected chi connectivity index (χ3v) is 1.84. The fraction of sp³-hybridized carbons (Fsp3) is 0.571. The molecular formula is C7H10N4O. The molecule has 0 radical (unpaired) electrons. The highest BCUT2D eigenvalue weighted by Crippen LogP contribution is 2.28. The molecule has 0 aromatic carbocycles. The molecule has 5 heteroatoms. The van der Waals surface area contributed by atoms with Crippen LogP contribution in [0, 0.1) is 5.92 Å². The van der Waals surface area contributed by atoms with E-state index in [2.05, 4.69) is 20.5 Å². The van der Waals surface area contributed by atoms with E-state index in [1.165, 1.54) is 6.33 Å². The van der Waals surface area contributed by atoms with E-state index in [-0.39, 0.29) is 11.8 Å². The number of carbonyl (C=O) groups is 1. The van der Waals surface area contributed by atoms with E-state index in [0.717, 1.165) is 12.8 Å². The van der Waals surface area contributed by atoms with Crippen molar-refractivity contribution in [2.75, 3.05) is 0 Å². The number of carbonyl (C=O) groups excluding carboxylic acids is 1. The molecule has 1 amide bonds. The number of amides is 1. The van der Waals surface area contributed by atoms with Gasteiger partial charge in [0.15, 0.2) is 0 Å². The molecule has 1 aromatic heterocycles. The molecule has 1 aliphatic rings. The van der Waals surface area contributed by atoms with Crippen molar-refractivity contribution in [2.45, 2.75) is 19.4 Å². The van der Waals surface area contributed by atoms with Crippen LogP contribution in [0.3, 0.4) is 0 Å². The summed E-state index contributed by atoms with van der Waals surface area (Å²) >= 11 is 0. The quantitative estimate of drug-likeness (QED) is 0.655. The van der Waals surface area contributed by atoms with Crippen LogP contribution in [-0.4, -0.2) is 21.1 Å². The maximum atomic E-state index is 11.1. The molecule has 0 unspecified atom stereocenters. The standard InChI is InChI=1S/C7H10N4O/c12-7(5-1-2-5)8-3-6-9-4-10-11-6/h4-5H,1-3H2,(H,8,12)(H,9,10,11). The van der Waals surface area contributed by atoms with Gasteiger partial charge in [-0.2, -0.15) is 5.10 Å². The third kappa shape index (κ3) is 1.61. The number of nitrogens with zero attached hydrogens (tertiary/aromatic N) is 2. The van der Waals surface area contributed by atoms with Gasteiger partial charge in [0.05, 0.1) is 6.54 Å². The molecule has 1 saturated carbocycles. The zero-order chi connectivity index (χ0) is 8.39. The van der Waals surface area contributed by atoms with Crippen molar-refractivity contribution in [3.05, 3.63) is 12.2 Å². The van der Waals surface area contributed by atoms with E-state index in [0.29, 0.717) is 12.4 Å². The lowest BCUT2D eigenvalue weighted by Gasteiger charge is -1.99. The minimum atomic E-state index is 0.131. The maximum Gasteiger partial charge on any atom is 0.223 e. The van der Waals surface area contributed by atoms with Gasteiger partial charge in [0.25, 0.3) is 0 Å². The molecule has 64 valence electrons. The van der Waals surface area contributed by atoms with Crippen LogP contribution < -0.4 is 5.32 Å². The van der Waals surface area contributed by atoms with Crippen molar-refractivity contribution in [3.63, 3.8) is 0 Å². The molecule has 1 aliphatic carbocycles. The van der Waals surface area contributed by atoms with Gasteiger partial charge in [-0.15, -0.1) is 0 Å². The molecule has 1 heterocycles. The fourth-order valence-electron chi connectivity index (χ4n) is 0.977. The molecule has 1 fully saturated rings. The molecule has 2 N–H and O–H groups in total. The molecule has 0 saturated heterocycles. The number of aromatic nitrogens is 3. The van der Waals surface area contributed by atoms with E-state index < -0.39 is 0 Å². The number of aromatic amines is 1. The minimum absolute atomic E-state index is 0.131. The van der Waals surface area contributed by atoms with Crippen molar-refractivity contribution < 1.29 is 4.79 Å². The van der Waals surface area contributed by atoms with Crippen LogP contribution in [0.15, 0.2) is 6.33 Å². The molecular weight excluding hydrogens is 156 g/mol. The summed E-state index contributed by atoms with van der Waals surface area (Å²) in [4.78, 5) is 15.0. The Morgan fingerprint density at radius 2 is 2.58 bits per heavy atom. The molecule has 1 aromatic rings. The highest BCUT2D eigenvalue weighted by Gasteiger charge is 2.29. The summed E-state index contributed by atoms with van der Waals surface area (Å²) < 4.78 is 0. The van der Waals surface area contributed by atoms with E-state index in [1.54, 1.807) is 0 Å². The van der Waals surface area contributed by atoms with Crippen molar-refractivity contribution in [2.24, 2.45) is 5.92 Å². The highest BCUT2D eigenvalue weighted by molar-refractivity contribution is 5.80. The highest BCUT2D eigenvalue weighted by atomic mass is 16.2. The van der Waals surface area contributed by atoms with E-state index in [1.807, 2.05) is 0 Å². The number of rotatable bonds is 3.